The third kappa shape index (κ3) is 4.33. The number of fused-ring (bicyclic) bond motifs is 1. The van der Waals surface area contributed by atoms with Crippen LogP contribution in [0.3, 0.4) is 0 Å². The second kappa shape index (κ2) is 7.87. The number of benzene rings is 2. The number of para-hydroxylation sites is 1. The van der Waals surface area contributed by atoms with Gasteiger partial charge in [-0.2, -0.15) is 0 Å². The van der Waals surface area contributed by atoms with Gasteiger partial charge >= 0.3 is 0 Å². The van der Waals surface area contributed by atoms with Crippen LogP contribution in [0.1, 0.15) is 18.9 Å². The fraction of sp³-hybridized carbons (Fsp3) is 0.316. The number of nitrogens with one attached hydrogen (secondary N) is 1. The van der Waals surface area contributed by atoms with Gasteiger partial charge in [-0.3, -0.25) is 9.10 Å². The highest BCUT2D eigenvalue weighted by atomic mass is 32.2. The van der Waals surface area contributed by atoms with Crippen LogP contribution >= 0.6 is 0 Å². The molecule has 0 saturated heterocycles. The molecule has 8 heteroatoms. The van der Waals surface area contributed by atoms with Gasteiger partial charge in [-0.25, -0.2) is 8.42 Å². The summed E-state index contributed by atoms with van der Waals surface area (Å²) in [5.74, 6) is 0.948. The standard InChI is InChI=1S/C19H22N2O5S/c1-3-16(21(27(2,23)24)15-7-5-4-6-8-15)19(22)20-12-14-9-10-17-18(11-14)26-13-25-17/h4-11,16H,3,12-13H2,1-2H3,(H,20,22)/t16-/m0/s1. The second-order valence-electron chi connectivity index (χ2n) is 6.22. The molecule has 0 bridgehead atoms. The second-order valence-corrected chi connectivity index (χ2v) is 8.08. The van der Waals surface area contributed by atoms with Crippen molar-refractivity contribution in [2.45, 2.75) is 25.9 Å². The zero-order chi connectivity index (χ0) is 19.4. The fourth-order valence-electron chi connectivity index (χ4n) is 2.99. The molecule has 1 N–H and O–H groups in total. The van der Waals surface area contributed by atoms with E-state index >= 15 is 0 Å². The predicted octanol–water partition coefficient (Wildman–Crippen LogP) is 2.28. The normalized spacial score (nSPS) is 13.9. The van der Waals surface area contributed by atoms with Crippen LogP contribution in [0.15, 0.2) is 48.5 Å². The minimum absolute atomic E-state index is 0.184. The molecule has 0 radical (unpaired) electrons. The number of nitrogens with zero attached hydrogens (tertiary/aromatic N) is 1. The van der Waals surface area contributed by atoms with Crippen molar-refractivity contribution in [1.82, 2.24) is 5.32 Å². The highest BCUT2D eigenvalue weighted by Gasteiger charge is 2.31. The van der Waals surface area contributed by atoms with Crippen molar-refractivity contribution in [2.24, 2.45) is 0 Å². The zero-order valence-electron chi connectivity index (χ0n) is 15.2. The number of amides is 1. The Bertz CT molecular complexity index is 915. The van der Waals surface area contributed by atoms with E-state index in [0.29, 0.717) is 23.6 Å². The quantitative estimate of drug-likeness (QED) is 0.784. The molecule has 0 aromatic heterocycles. The number of carbonyl (C=O) groups is 1. The van der Waals surface area contributed by atoms with Crippen LogP contribution in [0.4, 0.5) is 5.69 Å². The van der Waals surface area contributed by atoms with Gasteiger partial charge in [-0.15, -0.1) is 0 Å². The molecule has 0 aliphatic carbocycles. The molecule has 0 saturated carbocycles. The van der Waals surface area contributed by atoms with E-state index in [1.54, 1.807) is 49.4 Å². The van der Waals surface area contributed by atoms with Gasteiger partial charge in [0.15, 0.2) is 11.5 Å². The lowest BCUT2D eigenvalue weighted by Gasteiger charge is -2.30. The van der Waals surface area contributed by atoms with E-state index < -0.39 is 16.1 Å². The molecule has 1 heterocycles. The minimum atomic E-state index is -3.63. The fourth-order valence-corrected chi connectivity index (χ4v) is 4.20. The van der Waals surface area contributed by atoms with Crippen molar-refractivity contribution in [3.05, 3.63) is 54.1 Å². The molecule has 7 nitrogen and oxygen atoms in total. The lowest BCUT2D eigenvalue weighted by molar-refractivity contribution is -0.122. The van der Waals surface area contributed by atoms with Crippen LogP contribution in [0, 0.1) is 0 Å². The first-order chi connectivity index (χ1) is 12.9. The third-order valence-corrected chi connectivity index (χ3v) is 5.42. The summed E-state index contributed by atoms with van der Waals surface area (Å²) in [6.45, 7) is 2.23. The number of hydrogen-bond acceptors (Lipinski definition) is 5. The Morgan fingerprint density at radius 3 is 2.52 bits per heavy atom. The van der Waals surface area contributed by atoms with E-state index in [1.807, 2.05) is 6.07 Å². The highest BCUT2D eigenvalue weighted by Crippen LogP contribution is 2.32. The molecular formula is C19H22N2O5S. The Balaban J connectivity index is 1.76. The Morgan fingerprint density at radius 1 is 1.15 bits per heavy atom. The van der Waals surface area contributed by atoms with Gasteiger partial charge in [0.2, 0.25) is 22.7 Å². The van der Waals surface area contributed by atoms with E-state index in [2.05, 4.69) is 5.32 Å². The molecule has 3 rings (SSSR count). The summed E-state index contributed by atoms with van der Waals surface area (Å²) in [7, 11) is -3.63. The average molecular weight is 390 g/mol. The maximum absolute atomic E-state index is 12.8. The Hall–Kier alpha value is -2.74. The minimum Gasteiger partial charge on any atom is -0.454 e. The maximum atomic E-state index is 12.8. The van der Waals surface area contributed by atoms with Crippen molar-refractivity contribution >= 4 is 21.6 Å². The Kier molecular flexibility index (Phi) is 5.55. The number of hydrogen-bond donors (Lipinski definition) is 1. The van der Waals surface area contributed by atoms with Gasteiger partial charge in [0.25, 0.3) is 0 Å². The summed E-state index contributed by atoms with van der Waals surface area (Å²) in [6.07, 6.45) is 1.45. The molecule has 0 unspecified atom stereocenters. The van der Waals surface area contributed by atoms with Gasteiger partial charge < -0.3 is 14.8 Å². The molecule has 1 aliphatic heterocycles. The van der Waals surface area contributed by atoms with Crippen LogP contribution in [0.2, 0.25) is 0 Å². The molecule has 0 fully saturated rings. The summed E-state index contributed by atoms with van der Waals surface area (Å²) >= 11 is 0. The van der Waals surface area contributed by atoms with E-state index in [9.17, 15) is 13.2 Å². The van der Waals surface area contributed by atoms with Crippen molar-refractivity contribution < 1.29 is 22.7 Å². The number of sulfonamides is 1. The Morgan fingerprint density at radius 2 is 1.85 bits per heavy atom. The zero-order valence-corrected chi connectivity index (χ0v) is 16.0. The summed E-state index contributed by atoms with van der Waals surface area (Å²) in [5, 5.41) is 2.82. The summed E-state index contributed by atoms with van der Waals surface area (Å²) in [4.78, 5) is 12.8. The molecule has 0 spiro atoms. The third-order valence-electron chi connectivity index (χ3n) is 4.24. The number of carbonyl (C=O) groups excluding carboxylic acids is 1. The lowest BCUT2D eigenvalue weighted by atomic mass is 10.1. The average Bonchev–Trinajstić information content (AvgIpc) is 3.11. The van der Waals surface area contributed by atoms with Gasteiger partial charge in [0, 0.05) is 6.54 Å². The largest absolute Gasteiger partial charge is 0.454 e. The van der Waals surface area contributed by atoms with Crippen molar-refractivity contribution in [3.8, 4) is 11.5 Å². The predicted molar refractivity (Wildman–Crippen MR) is 102 cm³/mol. The topological polar surface area (TPSA) is 84.9 Å². The molecule has 27 heavy (non-hydrogen) atoms. The number of rotatable bonds is 7. The van der Waals surface area contributed by atoms with Gasteiger partial charge in [0.1, 0.15) is 6.04 Å². The van der Waals surface area contributed by atoms with Crippen molar-refractivity contribution in [3.63, 3.8) is 0 Å². The highest BCUT2D eigenvalue weighted by molar-refractivity contribution is 7.92. The lowest BCUT2D eigenvalue weighted by Crippen LogP contribution is -2.49. The van der Waals surface area contributed by atoms with Crippen LogP contribution in [-0.2, 0) is 21.4 Å². The summed E-state index contributed by atoms with van der Waals surface area (Å²) < 4.78 is 36.5. The van der Waals surface area contributed by atoms with Gasteiger partial charge in [-0.1, -0.05) is 31.2 Å². The molecule has 2 aromatic carbocycles. The molecule has 1 amide bonds. The first kappa shape index (κ1) is 19.0. The first-order valence-corrected chi connectivity index (χ1v) is 10.5. The van der Waals surface area contributed by atoms with Crippen LogP contribution in [-0.4, -0.2) is 33.4 Å². The van der Waals surface area contributed by atoms with Crippen LogP contribution in [0.25, 0.3) is 0 Å². The SMILES string of the molecule is CC[C@@H](C(=O)NCc1ccc2c(c1)OCO2)N(c1ccccc1)S(C)(=O)=O. The van der Waals surface area contributed by atoms with Crippen molar-refractivity contribution in [1.29, 1.82) is 0 Å². The monoisotopic (exact) mass is 390 g/mol. The van der Waals surface area contributed by atoms with Gasteiger partial charge in [-0.05, 0) is 36.2 Å². The van der Waals surface area contributed by atoms with Gasteiger partial charge in [0.05, 0.1) is 11.9 Å². The summed E-state index contributed by atoms with van der Waals surface area (Å²) in [5.41, 5.74) is 1.30. The smallest absolute Gasteiger partial charge is 0.244 e. The number of ether oxygens (including phenoxy) is 2. The molecule has 144 valence electrons. The maximum Gasteiger partial charge on any atom is 0.244 e. The molecule has 1 atom stereocenters. The number of anilines is 1. The van der Waals surface area contributed by atoms with E-state index in [-0.39, 0.29) is 19.2 Å². The first-order valence-electron chi connectivity index (χ1n) is 8.61. The van der Waals surface area contributed by atoms with Crippen LogP contribution in [0.5, 0.6) is 11.5 Å². The van der Waals surface area contributed by atoms with Crippen LogP contribution < -0.4 is 19.1 Å². The molecule has 2 aromatic rings. The molecular weight excluding hydrogens is 368 g/mol. The van der Waals surface area contributed by atoms with E-state index in [1.165, 1.54) is 4.31 Å². The van der Waals surface area contributed by atoms with Crippen molar-refractivity contribution in [2.75, 3.05) is 17.4 Å². The van der Waals surface area contributed by atoms with E-state index in [4.69, 9.17) is 9.47 Å². The Labute approximate surface area is 158 Å². The molecule has 1 aliphatic rings. The van der Waals surface area contributed by atoms with E-state index in [0.717, 1.165) is 11.8 Å². The summed E-state index contributed by atoms with van der Waals surface area (Å²) in [6, 6.07) is 13.2.